The van der Waals surface area contributed by atoms with Crippen molar-refractivity contribution >= 4 is 32.8 Å². The molecule has 0 aliphatic rings. The Balaban J connectivity index is 1.46. The summed E-state index contributed by atoms with van der Waals surface area (Å²) < 4.78 is 12.6. The maximum Gasteiger partial charge on any atom is 0.307 e. The van der Waals surface area contributed by atoms with Crippen molar-refractivity contribution in [3.05, 3.63) is 63.4 Å². The highest BCUT2D eigenvalue weighted by molar-refractivity contribution is 9.10. The van der Waals surface area contributed by atoms with Gasteiger partial charge in [0.05, 0.1) is 12.0 Å². The van der Waals surface area contributed by atoms with E-state index in [1.165, 1.54) is 0 Å². The summed E-state index contributed by atoms with van der Waals surface area (Å²) in [7, 11) is 0. The Hall–Kier alpha value is -2.74. The molecule has 0 atom stereocenters. The molecule has 0 fully saturated rings. The second-order valence-electron chi connectivity index (χ2n) is 5.47. The molecule has 0 N–H and O–H groups in total. The number of fused-ring (bicyclic) bond motifs is 1. The minimum absolute atomic E-state index is 0.184. The van der Waals surface area contributed by atoms with Gasteiger partial charge >= 0.3 is 5.97 Å². The molecule has 3 rings (SSSR count). The topological polar surface area (TPSA) is 83.3 Å². The van der Waals surface area contributed by atoms with Gasteiger partial charge in [-0.3, -0.25) is 9.59 Å². The van der Waals surface area contributed by atoms with Crippen molar-refractivity contribution < 1.29 is 14.3 Å². The Labute approximate surface area is 157 Å². The Bertz CT molecular complexity index is 974. The van der Waals surface area contributed by atoms with E-state index in [4.69, 9.17) is 9.47 Å². The van der Waals surface area contributed by atoms with Crippen LogP contribution in [0.4, 0.5) is 0 Å². The van der Waals surface area contributed by atoms with Crippen molar-refractivity contribution in [1.29, 1.82) is 0 Å². The summed E-state index contributed by atoms with van der Waals surface area (Å²) >= 11 is 3.36. The zero-order valence-corrected chi connectivity index (χ0v) is 15.4. The van der Waals surface area contributed by atoms with Crippen LogP contribution in [0.5, 0.6) is 5.75 Å². The van der Waals surface area contributed by atoms with Gasteiger partial charge in [0.25, 0.3) is 5.56 Å². The number of carbonyl (C=O) groups excluding carboxylic acids is 1. The van der Waals surface area contributed by atoms with Crippen molar-refractivity contribution in [2.24, 2.45) is 0 Å². The van der Waals surface area contributed by atoms with Gasteiger partial charge in [0.15, 0.2) is 6.73 Å². The molecule has 1 aromatic heterocycles. The molecule has 0 spiro atoms. The normalized spacial score (nSPS) is 10.7. The fraction of sp³-hybridized carbons (Fsp3) is 0.222. The Morgan fingerprint density at radius 1 is 1.15 bits per heavy atom. The molecule has 0 amide bonds. The van der Waals surface area contributed by atoms with E-state index in [1.807, 2.05) is 24.3 Å². The van der Waals surface area contributed by atoms with Gasteiger partial charge in [0, 0.05) is 10.9 Å². The van der Waals surface area contributed by atoms with Crippen molar-refractivity contribution in [2.75, 3.05) is 6.61 Å². The van der Waals surface area contributed by atoms with Gasteiger partial charge in [-0.2, -0.15) is 4.68 Å². The number of benzene rings is 2. The number of carbonyl (C=O) groups is 1. The second-order valence-corrected chi connectivity index (χ2v) is 6.38. The maximum absolute atomic E-state index is 12.2. The zero-order chi connectivity index (χ0) is 18.4. The summed E-state index contributed by atoms with van der Waals surface area (Å²) in [6.45, 7) is 0.128. The van der Waals surface area contributed by atoms with Crippen LogP contribution in [-0.4, -0.2) is 27.6 Å². The molecule has 0 radical (unpaired) electrons. The van der Waals surface area contributed by atoms with Gasteiger partial charge in [-0.05, 0) is 36.8 Å². The van der Waals surface area contributed by atoms with E-state index in [-0.39, 0.29) is 18.7 Å². The highest BCUT2D eigenvalue weighted by atomic mass is 79.9. The summed E-state index contributed by atoms with van der Waals surface area (Å²) in [5.41, 5.74) is 0.158. The van der Waals surface area contributed by atoms with E-state index in [0.29, 0.717) is 23.9 Å². The van der Waals surface area contributed by atoms with Gasteiger partial charge in [0.1, 0.15) is 11.3 Å². The first-order valence-corrected chi connectivity index (χ1v) is 8.79. The first-order valence-electron chi connectivity index (χ1n) is 8.00. The van der Waals surface area contributed by atoms with Crippen LogP contribution in [0.25, 0.3) is 10.9 Å². The molecule has 134 valence electrons. The minimum Gasteiger partial charge on any atom is -0.494 e. The average molecular weight is 418 g/mol. The third-order valence-electron chi connectivity index (χ3n) is 3.57. The number of ether oxygens (including phenoxy) is 2. The lowest BCUT2D eigenvalue weighted by atomic mass is 10.2. The fourth-order valence-electron chi connectivity index (χ4n) is 2.28. The number of hydrogen-bond donors (Lipinski definition) is 0. The SMILES string of the molecule is O=C(CCCOc1cccc(Br)c1)OCn1nnc2ccccc2c1=O. The zero-order valence-electron chi connectivity index (χ0n) is 13.8. The molecule has 0 saturated heterocycles. The fourth-order valence-corrected chi connectivity index (χ4v) is 2.65. The van der Waals surface area contributed by atoms with Gasteiger partial charge in [-0.15, -0.1) is 5.10 Å². The first-order chi connectivity index (χ1) is 12.6. The predicted molar refractivity (Wildman–Crippen MR) is 98.8 cm³/mol. The monoisotopic (exact) mass is 417 g/mol. The molecule has 7 nitrogen and oxygen atoms in total. The molecular formula is C18H16BrN3O4. The van der Waals surface area contributed by atoms with E-state index < -0.39 is 5.97 Å². The second kappa shape index (κ2) is 8.57. The van der Waals surface area contributed by atoms with E-state index >= 15 is 0 Å². The highest BCUT2D eigenvalue weighted by Crippen LogP contribution is 2.17. The molecule has 0 bridgehead atoms. The summed E-state index contributed by atoms with van der Waals surface area (Å²) in [5, 5.41) is 8.14. The largest absolute Gasteiger partial charge is 0.494 e. The molecule has 0 saturated carbocycles. The van der Waals surface area contributed by atoms with Gasteiger partial charge < -0.3 is 9.47 Å². The molecule has 0 aliphatic heterocycles. The van der Waals surface area contributed by atoms with Crippen molar-refractivity contribution in [1.82, 2.24) is 15.0 Å². The molecule has 0 aliphatic carbocycles. The molecule has 8 heteroatoms. The predicted octanol–water partition coefficient (Wildman–Crippen LogP) is 2.91. The van der Waals surface area contributed by atoms with Crippen LogP contribution in [0, 0.1) is 0 Å². The molecule has 2 aromatic carbocycles. The van der Waals surface area contributed by atoms with Crippen LogP contribution in [0.2, 0.25) is 0 Å². The van der Waals surface area contributed by atoms with Crippen molar-refractivity contribution in [2.45, 2.75) is 19.6 Å². The summed E-state index contributed by atoms with van der Waals surface area (Å²) in [6, 6.07) is 14.3. The van der Waals surface area contributed by atoms with E-state index in [0.717, 1.165) is 14.9 Å². The smallest absolute Gasteiger partial charge is 0.307 e. The average Bonchev–Trinajstić information content (AvgIpc) is 2.65. The highest BCUT2D eigenvalue weighted by Gasteiger charge is 2.08. The maximum atomic E-state index is 12.2. The summed E-state index contributed by atoms with van der Waals surface area (Å²) in [6.07, 6.45) is 0.688. The van der Waals surface area contributed by atoms with E-state index in [2.05, 4.69) is 26.2 Å². The molecule has 0 unspecified atom stereocenters. The van der Waals surface area contributed by atoms with E-state index in [9.17, 15) is 9.59 Å². The first kappa shape index (κ1) is 18.1. The van der Waals surface area contributed by atoms with Crippen LogP contribution in [-0.2, 0) is 16.3 Å². The molecular weight excluding hydrogens is 402 g/mol. The minimum atomic E-state index is -0.426. The van der Waals surface area contributed by atoms with Crippen LogP contribution < -0.4 is 10.3 Å². The lowest BCUT2D eigenvalue weighted by Gasteiger charge is -2.08. The Kier molecular flexibility index (Phi) is 5.96. The van der Waals surface area contributed by atoms with Crippen LogP contribution in [0.1, 0.15) is 12.8 Å². The molecule has 3 aromatic rings. The lowest BCUT2D eigenvalue weighted by molar-refractivity contribution is -0.148. The van der Waals surface area contributed by atoms with Gasteiger partial charge in [-0.1, -0.05) is 39.3 Å². The summed E-state index contributed by atoms with van der Waals surface area (Å²) in [5.74, 6) is 0.301. The number of nitrogens with zero attached hydrogens (tertiary/aromatic N) is 3. The summed E-state index contributed by atoms with van der Waals surface area (Å²) in [4.78, 5) is 24.0. The van der Waals surface area contributed by atoms with Gasteiger partial charge in [0.2, 0.25) is 0 Å². The molecule has 26 heavy (non-hydrogen) atoms. The quantitative estimate of drug-likeness (QED) is 0.434. The lowest BCUT2D eigenvalue weighted by Crippen LogP contribution is -2.26. The number of aromatic nitrogens is 3. The Morgan fingerprint density at radius 3 is 2.85 bits per heavy atom. The van der Waals surface area contributed by atoms with Crippen LogP contribution >= 0.6 is 15.9 Å². The Morgan fingerprint density at radius 2 is 2.00 bits per heavy atom. The third kappa shape index (κ3) is 4.66. The standard InChI is InChI=1S/C18H16BrN3O4/c19-13-5-3-6-14(11-13)25-10-4-9-17(23)26-12-22-18(24)15-7-1-2-8-16(15)20-21-22/h1-3,5-8,11H,4,9-10,12H2. The van der Waals surface area contributed by atoms with Crippen molar-refractivity contribution in [3.63, 3.8) is 0 Å². The number of esters is 1. The van der Waals surface area contributed by atoms with Gasteiger partial charge in [-0.25, -0.2) is 0 Å². The van der Waals surface area contributed by atoms with Crippen LogP contribution in [0.15, 0.2) is 57.8 Å². The number of rotatable bonds is 7. The van der Waals surface area contributed by atoms with Crippen molar-refractivity contribution in [3.8, 4) is 5.75 Å². The third-order valence-corrected chi connectivity index (χ3v) is 4.06. The van der Waals surface area contributed by atoms with E-state index in [1.54, 1.807) is 24.3 Å². The number of halogens is 1. The molecule has 1 heterocycles. The number of hydrogen-bond acceptors (Lipinski definition) is 6. The van der Waals surface area contributed by atoms with Crippen LogP contribution in [0.3, 0.4) is 0 Å².